The molecule has 0 aliphatic heterocycles. The van der Waals surface area contributed by atoms with Crippen molar-refractivity contribution < 1.29 is 11.3 Å². The Hall–Kier alpha value is -0.530. The van der Waals surface area contributed by atoms with Crippen molar-refractivity contribution in [2.75, 3.05) is 0 Å². The Balaban J connectivity index is 3.05. The summed E-state index contributed by atoms with van der Waals surface area (Å²) in [5.74, 6) is -0.816. The van der Waals surface area contributed by atoms with E-state index >= 15 is 0 Å². The first kappa shape index (κ1) is 4.62. The molecule has 2 heteroatoms. The first-order valence-corrected chi connectivity index (χ1v) is 2.27. The van der Waals surface area contributed by atoms with Gasteiger partial charge in [-0.25, -0.2) is 0 Å². The van der Waals surface area contributed by atoms with E-state index < -0.39 is 5.97 Å². The molecule has 0 rings (SSSR count). The summed E-state index contributed by atoms with van der Waals surface area (Å²) in [4.78, 5) is 9.82. The van der Waals surface area contributed by atoms with Crippen LogP contribution in [0.3, 0.4) is 0 Å². The van der Waals surface area contributed by atoms with Gasteiger partial charge in [0.1, 0.15) is 0 Å². The SMILES string of the molecule is [2H]C(C)CCC(=O)O. The van der Waals surface area contributed by atoms with Crippen LogP contribution in [-0.4, -0.2) is 11.1 Å². The zero-order valence-corrected chi connectivity index (χ0v) is 4.35. The molecule has 0 saturated carbocycles. The summed E-state index contributed by atoms with van der Waals surface area (Å²) in [5, 5.41) is 8.08. The average molecular weight is 103 g/mol. The Kier molecular flexibility index (Phi) is 2.41. The van der Waals surface area contributed by atoms with Gasteiger partial charge in [-0.15, -0.1) is 0 Å². The van der Waals surface area contributed by atoms with Gasteiger partial charge in [0.05, 0.1) is 0 Å². The van der Waals surface area contributed by atoms with Gasteiger partial charge in [-0.05, 0) is 6.42 Å². The standard InChI is InChI=1S/C5H10O2/c1-2-3-4-5(6)7/h2-4H2,1H3,(H,6,7)/i2D. The Bertz CT molecular complexity index is 80.5. The smallest absolute Gasteiger partial charge is 0.303 e. The first-order chi connectivity index (χ1) is 3.63. The van der Waals surface area contributed by atoms with E-state index in [9.17, 15) is 4.79 Å². The lowest BCUT2D eigenvalue weighted by atomic mass is 10.3. The van der Waals surface area contributed by atoms with Gasteiger partial charge in [0.2, 0.25) is 0 Å². The quantitative estimate of drug-likeness (QED) is 0.583. The van der Waals surface area contributed by atoms with Crippen LogP contribution in [0.5, 0.6) is 0 Å². The Morgan fingerprint density at radius 1 is 2.00 bits per heavy atom. The van der Waals surface area contributed by atoms with E-state index in [1.165, 1.54) is 0 Å². The second kappa shape index (κ2) is 3.65. The lowest BCUT2D eigenvalue weighted by Gasteiger charge is -1.85. The van der Waals surface area contributed by atoms with Crippen molar-refractivity contribution >= 4 is 5.97 Å². The molecule has 0 aliphatic carbocycles. The van der Waals surface area contributed by atoms with Gasteiger partial charge < -0.3 is 5.11 Å². The molecular formula is C5H10O2. The highest BCUT2D eigenvalue weighted by Gasteiger charge is 1.90. The summed E-state index contributed by atoms with van der Waals surface area (Å²) in [5.41, 5.74) is 0. The maximum Gasteiger partial charge on any atom is 0.303 e. The lowest BCUT2D eigenvalue weighted by Crippen LogP contribution is -1.91. The minimum Gasteiger partial charge on any atom is -0.481 e. The molecular weight excluding hydrogens is 92.1 g/mol. The minimum atomic E-state index is -0.816. The van der Waals surface area contributed by atoms with Crippen LogP contribution < -0.4 is 0 Å². The molecule has 7 heavy (non-hydrogen) atoms. The lowest BCUT2D eigenvalue weighted by molar-refractivity contribution is -0.137. The predicted octanol–water partition coefficient (Wildman–Crippen LogP) is 1.26. The summed E-state index contributed by atoms with van der Waals surface area (Å²) in [7, 11) is 0. The van der Waals surface area contributed by atoms with Gasteiger partial charge in [0.25, 0.3) is 0 Å². The Morgan fingerprint density at radius 3 is 2.71 bits per heavy atom. The first-order valence-electron chi connectivity index (χ1n) is 2.84. The number of carbonyl (C=O) groups is 1. The van der Waals surface area contributed by atoms with Crippen LogP contribution in [0.2, 0.25) is 0 Å². The maximum absolute atomic E-state index is 9.82. The summed E-state index contributed by atoms with van der Waals surface area (Å²) in [6.07, 6.45) is 0.325. The van der Waals surface area contributed by atoms with Crippen LogP contribution in [-0.2, 0) is 4.79 Å². The third kappa shape index (κ3) is 5.47. The molecule has 2 nitrogen and oxygen atoms in total. The van der Waals surface area contributed by atoms with Crippen LogP contribution in [0.15, 0.2) is 0 Å². The zero-order chi connectivity index (χ0) is 6.57. The van der Waals surface area contributed by atoms with E-state index in [4.69, 9.17) is 6.48 Å². The molecule has 1 atom stereocenters. The average Bonchev–Trinajstić information content (AvgIpc) is 1.61. The van der Waals surface area contributed by atoms with Gasteiger partial charge in [0, 0.05) is 7.79 Å². The third-order valence-corrected chi connectivity index (χ3v) is 0.647. The topological polar surface area (TPSA) is 37.3 Å². The molecule has 0 fully saturated rings. The van der Waals surface area contributed by atoms with E-state index in [0.717, 1.165) is 0 Å². The highest BCUT2D eigenvalue weighted by atomic mass is 16.4. The number of aliphatic carboxylic acids is 1. The maximum atomic E-state index is 9.82. The van der Waals surface area contributed by atoms with E-state index in [1.807, 2.05) is 0 Å². The molecule has 0 spiro atoms. The normalized spacial score (nSPS) is 15.3. The summed E-state index contributed by atoms with van der Waals surface area (Å²) < 4.78 is 6.91. The van der Waals surface area contributed by atoms with E-state index in [-0.39, 0.29) is 12.8 Å². The molecule has 0 aromatic heterocycles. The van der Waals surface area contributed by atoms with Crippen molar-refractivity contribution in [2.45, 2.75) is 26.2 Å². The molecule has 1 N–H and O–H groups in total. The van der Waals surface area contributed by atoms with Crippen LogP contribution in [0.4, 0.5) is 0 Å². The number of carboxylic acids is 1. The van der Waals surface area contributed by atoms with Gasteiger partial charge >= 0.3 is 5.97 Å². The van der Waals surface area contributed by atoms with E-state index in [1.54, 1.807) is 6.92 Å². The van der Waals surface area contributed by atoms with Gasteiger partial charge in [-0.3, -0.25) is 4.79 Å². The van der Waals surface area contributed by atoms with Crippen LogP contribution >= 0.6 is 0 Å². The van der Waals surface area contributed by atoms with Crippen LogP contribution in [0, 0.1) is 0 Å². The van der Waals surface area contributed by atoms with Crippen molar-refractivity contribution in [3.05, 3.63) is 0 Å². The third-order valence-electron chi connectivity index (χ3n) is 0.647. The summed E-state index contributed by atoms with van der Waals surface area (Å²) in [6.45, 7) is 1.68. The number of rotatable bonds is 3. The highest BCUT2D eigenvalue weighted by Crippen LogP contribution is 1.91. The number of carboxylic acid groups (broad SMARTS) is 1. The summed E-state index contributed by atoms with van der Waals surface area (Å²) in [6, 6.07) is 0. The molecule has 0 aliphatic rings. The fourth-order valence-corrected chi connectivity index (χ4v) is 0.268. The van der Waals surface area contributed by atoms with Gasteiger partial charge in [0.15, 0.2) is 0 Å². The molecule has 0 aromatic rings. The van der Waals surface area contributed by atoms with Gasteiger partial charge in [-0.1, -0.05) is 13.3 Å². The molecule has 0 radical (unpaired) electrons. The van der Waals surface area contributed by atoms with Crippen LogP contribution in [0.25, 0.3) is 0 Å². The zero-order valence-electron chi connectivity index (χ0n) is 5.35. The Labute approximate surface area is 44.6 Å². The fourth-order valence-electron chi connectivity index (χ4n) is 0.268. The molecule has 0 saturated heterocycles. The van der Waals surface area contributed by atoms with Gasteiger partial charge in [-0.2, -0.15) is 0 Å². The molecule has 0 heterocycles. The van der Waals surface area contributed by atoms with Crippen molar-refractivity contribution in [2.24, 2.45) is 0 Å². The van der Waals surface area contributed by atoms with Crippen molar-refractivity contribution in [3.8, 4) is 0 Å². The van der Waals surface area contributed by atoms with Crippen molar-refractivity contribution in [3.63, 3.8) is 0 Å². The molecule has 1 unspecified atom stereocenters. The monoisotopic (exact) mass is 103 g/mol. The minimum absolute atomic E-state index is 0.116. The number of hydrogen-bond donors (Lipinski definition) is 1. The van der Waals surface area contributed by atoms with Crippen LogP contribution in [0.1, 0.15) is 27.5 Å². The van der Waals surface area contributed by atoms with Crippen molar-refractivity contribution in [1.29, 1.82) is 0 Å². The molecule has 42 valence electrons. The summed E-state index contributed by atoms with van der Waals surface area (Å²) >= 11 is 0. The number of hydrogen-bond acceptors (Lipinski definition) is 1. The molecule has 0 bridgehead atoms. The van der Waals surface area contributed by atoms with E-state index in [0.29, 0.717) is 6.42 Å². The molecule has 0 aromatic carbocycles. The second-order valence-corrected chi connectivity index (χ2v) is 1.34. The van der Waals surface area contributed by atoms with Crippen molar-refractivity contribution in [1.82, 2.24) is 0 Å². The van der Waals surface area contributed by atoms with E-state index in [2.05, 4.69) is 0 Å². The highest BCUT2D eigenvalue weighted by molar-refractivity contribution is 5.66. The molecule has 0 amide bonds. The Morgan fingerprint density at radius 2 is 2.57 bits per heavy atom. The largest absolute Gasteiger partial charge is 0.481 e. The predicted molar refractivity (Wildman–Crippen MR) is 27.2 cm³/mol. The second-order valence-electron chi connectivity index (χ2n) is 1.34. The fraction of sp³-hybridized carbons (Fsp3) is 0.800.